The third kappa shape index (κ3) is 4.46. The van der Waals surface area contributed by atoms with Crippen molar-refractivity contribution in [2.75, 3.05) is 41.8 Å². The number of amides is 1. The van der Waals surface area contributed by atoms with E-state index in [1.165, 1.54) is 0 Å². The number of anilines is 3. The van der Waals surface area contributed by atoms with E-state index in [1.54, 1.807) is 12.1 Å². The number of carbonyl (C=O) groups excluding carboxylic acids is 1. The molecular weight excluding hydrogens is 508 g/mol. The van der Waals surface area contributed by atoms with E-state index in [0.29, 0.717) is 60.5 Å². The summed E-state index contributed by atoms with van der Waals surface area (Å²) in [6.07, 6.45) is 0. The number of ether oxygens (including phenoxy) is 1. The maximum atomic E-state index is 14.0. The molecule has 10 nitrogen and oxygen atoms in total. The maximum absolute atomic E-state index is 14.0. The normalized spacial score (nSPS) is 17.0. The second-order valence-electron chi connectivity index (χ2n) is 10.2. The number of hydrogen-bond donors (Lipinski definition) is 2. The first kappa shape index (κ1) is 25.6. The van der Waals surface area contributed by atoms with Gasteiger partial charge in [0.05, 0.1) is 40.8 Å². The van der Waals surface area contributed by atoms with Gasteiger partial charge in [-0.25, -0.2) is 4.98 Å². The highest BCUT2D eigenvalue weighted by atomic mass is 16.6. The van der Waals surface area contributed by atoms with Gasteiger partial charge in [-0.15, -0.1) is 0 Å². The number of nitro benzene ring substituents is 1. The van der Waals surface area contributed by atoms with E-state index in [9.17, 15) is 14.9 Å². The molecule has 2 aliphatic heterocycles. The van der Waals surface area contributed by atoms with Crippen LogP contribution >= 0.6 is 0 Å². The highest BCUT2D eigenvalue weighted by Crippen LogP contribution is 2.42. The van der Waals surface area contributed by atoms with Crippen LogP contribution in [0.4, 0.5) is 23.0 Å². The predicted molar refractivity (Wildman–Crippen MR) is 155 cm³/mol. The van der Waals surface area contributed by atoms with Crippen LogP contribution < -0.4 is 15.5 Å². The van der Waals surface area contributed by atoms with E-state index >= 15 is 0 Å². The molecule has 6 rings (SSSR count). The lowest BCUT2D eigenvalue weighted by Gasteiger charge is -2.32. The molecule has 0 saturated carbocycles. The summed E-state index contributed by atoms with van der Waals surface area (Å²) in [4.78, 5) is 32.7. The monoisotopic (exact) mass is 538 g/mol. The lowest BCUT2D eigenvalue weighted by atomic mass is 9.93. The molecule has 1 fully saturated rings. The Balaban J connectivity index is 1.50. The standard InChI is InChI=1S/C30H30N6O4/c1-18-8-10-22(19(2)16-18)32-29(37)27-20(3)31-30-33-23-6-4-5-7-24(23)35(30)28(27)21-9-11-25(26(17-21)36(38)39)34-12-14-40-15-13-34/h4-11,16-17,28H,12-15H2,1-3H3,(H,31,33)(H,32,37). The number of nitrogens with zero attached hydrogens (tertiary/aromatic N) is 4. The Morgan fingerprint density at radius 1 is 1.07 bits per heavy atom. The molecule has 204 valence electrons. The van der Waals surface area contributed by atoms with Crippen LogP contribution in [0.2, 0.25) is 0 Å². The van der Waals surface area contributed by atoms with Crippen molar-refractivity contribution in [1.29, 1.82) is 0 Å². The largest absolute Gasteiger partial charge is 0.378 e. The summed E-state index contributed by atoms with van der Waals surface area (Å²) < 4.78 is 7.40. The minimum absolute atomic E-state index is 0.00399. The maximum Gasteiger partial charge on any atom is 0.292 e. The Bertz CT molecular complexity index is 1690. The van der Waals surface area contributed by atoms with Gasteiger partial charge in [0.15, 0.2) is 0 Å². The molecule has 1 unspecified atom stereocenters. The number of carbonyl (C=O) groups is 1. The lowest BCUT2D eigenvalue weighted by molar-refractivity contribution is -0.384. The van der Waals surface area contributed by atoms with Crippen LogP contribution in [-0.4, -0.2) is 46.7 Å². The summed E-state index contributed by atoms with van der Waals surface area (Å²) in [6, 6.07) is 18.2. The van der Waals surface area contributed by atoms with Crippen molar-refractivity contribution < 1.29 is 14.5 Å². The Kier molecular flexibility index (Phi) is 6.47. The third-order valence-electron chi connectivity index (χ3n) is 7.57. The van der Waals surface area contributed by atoms with Gasteiger partial charge in [-0.05, 0) is 56.2 Å². The molecule has 1 amide bonds. The fraction of sp³-hybridized carbons (Fsp3) is 0.267. The first-order chi connectivity index (χ1) is 19.3. The molecule has 4 aromatic rings. The average molecular weight is 539 g/mol. The summed E-state index contributed by atoms with van der Waals surface area (Å²) >= 11 is 0. The number of allylic oxidation sites excluding steroid dienone is 1. The van der Waals surface area contributed by atoms with E-state index in [1.807, 2.05) is 78.8 Å². The molecule has 3 aromatic carbocycles. The molecule has 3 heterocycles. The molecule has 0 aliphatic carbocycles. The zero-order chi connectivity index (χ0) is 28.0. The number of morpholine rings is 1. The number of nitro groups is 1. The number of fused-ring (bicyclic) bond motifs is 3. The van der Waals surface area contributed by atoms with Gasteiger partial charge in [0.2, 0.25) is 5.95 Å². The van der Waals surface area contributed by atoms with Crippen molar-refractivity contribution in [3.8, 4) is 0 Å². The van der Waals surface area contributed by atoms with Crippen LogP contribution in [0.25, 0.3) is 11.0 Å². The van der Waals surface area contributed by atoms with Crippen molar-refractivity contribution in [2.45, 2.75) is 26.8 Å². The lowest BCUT2D eigenvalue weighted by Crippen LogP contribution is -2.36. The first-order valence-electron chi connectivity index (χ1n) is 13.3. The van der Waals surface area contributed by atoms with Crippen LogP contribution in [0, 0.1) is 24.0 Å². The highest BCUT2D eigenvalue weighted by Gasteiger charge is 2.36. The molecule has 2 aliphatic rings. The number of hydrogen-bond acceptors (Lipinski definition) is 7. The van der Waals surface area contributed by atoms with Gasteiger partial charge in [-0.1, -0.05) is 35.9 Å². The number of para-hydroxylation sites is 2. The minimum atomic E-state index is -0.646. The Morgan fingerprint density at radius 2 is 1.85 bits per heavy atom. The van der Waals surface area contributed by atoms with E-state index in [0.717, 1.165) is 22.2 Å². The van der Waals surface area contributed by atoms with E-state index in [-0.39, 0.29) is 16.5 Å². The molecule has 10 heteroatoms. The zero-order valence-electron chi connectivity index (χ0n) is 22.6. The van der Waals surface area contributed by atoms with Gasteiger partial charge in [-0.2, -0.15) is 0 Å². The first-order valence-corrected chi connectivity index (χ1v) is 13.3. The quantitative estimate of drug-likeness (QED) is 0.261. The van der Waals surface area contributed by atoms with Crippen molar-refractivity contribution in [3.63, 3.8) is 0 Å². The van der Waals surface area contributed by atoms with E-state index < -0.39 is 6.04 Å². The van der Waals surface area contributed by atoms with Gasteiger partial charge in [0.1, 0.15) is 5.69 Å². The Morgan fingerprint density at radius 3 is 2.60 bits per heavy atom. The van der Waals surface area contributed by atoms with Crippen LogP contribution in [0.5, 0.6) is 0 Å². The van der Waals surface area contributed by atoms with Crippen LogP contribution in [0.15, 0.2) is 71.9 Å². The predicted octanol–water partition coefficient (Wildman–Crippen LogP) is 5.33. The number of rotatable bonds is 5. The van der Waals surface area contributed by atoms with Crippen LogP contribution in [0.3, 0.4) is 0 Å². The van der Waals surface area contributed by atoms with Gasteiger partial charge >= 0.3 is 0 Å². The number of aryl methyl sites for hydroxylation is 2. The molecule has 0 spiro atoms. The number of imidazole rings is 1. The Hall–Kier alpha value is -4.70. The second kappa shape index (κ2) is 10.1. The van der Waals surface area contributed by atoms with Crippen molar-refractivity contribution in [3.05, 3.63) is 98.7 Å². The summed E-state index contributed by atoms with van der Waals surface area (Å²) in [7, 11) is 0. The highest BCUT2D eigenvalue weighted by molar-refractivity contribution is 6.06. The Labute approximate surface area is 231 Å². The number of aromatic nitrogens is 2. The smallest absolute Gasteiger partial charge is 0.292 e. The van der Waals surface area contributed by atoms with E-state index in [2.05, 4.69) is 10.6 Å². The molecule has 0 bridgehead atoms. The molecule has 1 saturated heterocycles. The molecule has 1 aromatic heterocycles. The van der Waals surface area contributed by atoms with E-state index in [4.69, 9.17) is 9.72 Å². The van der Waals surface area contributed by atoms with Gasteiger partial charge in [0.25, 0.3) is 11.6 Å². The van der Waals surface area contributed by atoms with Gasteiger partial charge in [0, 0.05) is 30.5 Å². The topological polar surface area (TPSA) is 115 Å². The molecule has 0 radical (unpaired) electrons. The summed E-state index contributed by atoms with van der Waals surface area (Å²) in [5.41, 5.74) is 6.61. The van der Waals surface area contributed by atoms with Gasteiger partial charge in [-0.3, -0.25) is 19.5 Å². The zero-order valence-corrected chi connectivity index (χ0v) is 22.6. The minimum Gasteiger partial charge on any atom is -0.378 e. The molecular formula is C30H30N6O4. The third-order valence-corrected chi connectivity index (χ3v) is 7.57. The summed E-state index contributed by atoms with van der Waals surface area (Å²) in [5, 5.41) is 18.7. The SMILES string of the molecule is CC1=C(C(=O)Nc2ccc(C)cc2C)C(c2ccc(N3CCOCC3)c([N+](=O)[O-])c2)n2c(nc3ccccc32)N1. The molecule has 1 atom stereocenters. The number of nitrogens with one attached hydrogen (secondary N) is 2. The average Bonchev–Trinajstić information content (AvgIpc) is 3.31. The number of benzene rings is 3. The second-order valence-corrected chi connectivity index (χ2v) is 10.2. The van der Waals surface area contributed by atoms with Crippen LogP contribution in [-0.2, 0) is 9.53 Å². The van der Waals surface area contributed by atoms with Crippen molar-refractivity contribution in [2.24, 2.45) is 0 Å². The molecule has 2 N–H and O–H groups in total. The molecule has 40 heavy (non-hydrogen) atoms. The fourth-order valence-electron chi connectivity index (χ4n) is 5.65. The fourth-order valence-corrected chi connectivity index (χ4v) is 5.65. The van der Waals surface area contributed by atoms with Crippen molar-refractivity contribution in [1.82, 2.24) is 9.55 Å². The van der Waals surface area contributed by atoms with Crippen LogP contribution in [0.1, 0.15) is 29.7 Å². The van der Waals surface area contributed by atoms with Crippen molar-refractivity contribution >= 4 is 40.0 Å². The summed E-state index contributed by atoms with van der Waals surface area (Å²) in [6.45, 7) is 7.98. The van der Waals surface area contributed by atoms with Gasteiger partial charge < -0.3 is 20.3 Å². The summed E-state index contributed by atoms with van der Waals surface area (Å²) in [5.74, 6) is 0.289.